The van der Waals surface area contributed by atoms with E-state index in [2.05, 4.69) is 15.9 Å². The molecule has 0 unspecified atom stereocenters. The molecule has 0 aliphatic heterocycles. The topological polar surface area (TPSA) is 55.3 Å². The van der Waals surface area contributed by atoms with Gasteiger partial charge in [-0.15, -0.1) is 0 Å². The Kier molecular flexibility index (Phi) is 5.90. The zero-order valence-electron chi connectivity index (χ0n) is 9.13. The van der Waals surface area contributed by atoms with Crippen molar-refractivity contribution in [2.75, 3.05) is 26.2 Å². The SMILES string of the molecule is NCCN(CCN)Cc1cc(Br)ccc1F. The molecular formula is C11H17BrFN3. The fraction of sp³-hybridized carbons (Fsp3) is 0.455. The lowest BCUT2D eigenvalue weighted by Crippen LogP contribution is -2.33. The molecule has 0 aliphatic rings. The van der Waals surface area contributed by atoms with E-state index in [9.17, 15) is 4.39 Å². The molecule has 0 saturated carbocycles. The second-order valence-electron chi connectivity index (χ2n) is 3.59. The summed E-state index contributed by atoms with van der Waals surface area (Å²) in [6, 6.07) is 4.94. The van der Waals surface area contributed by atoms with E-state index in [1.165, 1.54) is 6.07 Å². The Labute approximate surface area is 104 Å². The van der Waals surface area contributed by atoms with E-state index in [0.29, 0.717) is 25.2 Å². The van der Waals surface area contributed by atoms with Crippen molar-refractivity contribution in [3.8, 4) is 0 Å². The van der Waals surface area contributed by atoms with Gasteiger partial charge in [0.1, 0.15) is 5.82 Å². The number of hydrogen-bond donors (Lipinski definition) is 2. The second-order valence-corrected chi connectivity index (χ2v) is 4.50. The predicted molar refractivity (Wildman–Crippen MR) is 67.5 cm³/mol. The Morgan fingerprint density at radius 2 is 1.81 bits per heavy atom. The average Bonchev–Trinajstić information content (AvgIpc) is 2.24. The van der Waals surface area contributed by atoms with Gasteiger partial charge < -0.3 is 11.5 Å². The second kappa shape index (κ2) is 6.96. The van der Waals surface area contributed by atoms with Crippen LogP contribution in [0.15, 0.2) is 22.7 Å². The van der Waals surface area contributed by atoms with Crippen LogP contribution in [-0.4, -0.2) is 31.1 Å². The maximum atomic E-state index is 13.5. The van der Waals surface area contributed by atoms with Crippen molar-refractivity contribution in [3.63, 3.8) is 0 Å². The van der Waals surface area contributed by atoms with Gasteiger partial charge in [0.2, 0.25) is 0 Å². The first-order chi connectivity index (χ1) is 7.67. The highest BCUT2D eigenvalue weighted by Crippen LogP contribution is 2.16. The van der Waals surface area contributed by atoms with Gasteiger partial charge in [-0.05, 0) is 18.2 Å². The molecule has 0 amide bonds. The summed E-state index contributed by atoms with van der Waals surface area (Å²) < 4.78 is 14.4. The predicted octanol–water partition coefficient (Wildman–Crippen LogP) is 1.31. The molecule has 0 radical (unpaired) electrons. The summed E-state index contributed by atoms with van der Waals surface area (Å²) in [4.78, 5) is 2.05. The molecule has 0 atom stereocenters. The van der Waals surface area contributed by atoms with Crippen LogP contribution in [0.5, 0.6) is 0 Å². The molecule has 16 heavy (non-hydrogen) atoms. The van der Waals surface area contributed by atoms with Crippen molar-refractivity contribution in [1.82, 2.24) is 4.90 Å². The number of benzene rings is 1. The molecule has 1 aromatic rings. The van der Waals surface area contributed by atoms with Crippen molar-refractivity contribution in [3.05, 3.63) is 34.1 Å². The van der Waals surface area contributed by atoms with Crippen molar-refractivity contribution in [1.29, 1.82) is 0 Å². The van der Waals surface area contributed by atoms with Gasteiger partial charge >= 0.3 is 0 Å². The van der Waals surface area contributed by atoms with E-state index in [1.54, 1.807) is 12.1 Å². The van der Waals surface area contributed by atoms with E-state index < -0.39 is 0 Å². The molecule has 0 aromatic heterocycles. The largest absolute Gasteiger partial charge is 0.329 e. The molecule has 0 spiro atoms. The zero-order valence-corrected chi connectivity index (χ0v) is 10.7. The number of nitrogens with zero attached hydrogens (tertiary/aromatic N) is 1. The fourth-order valence-electron chi connectivity index (χ4n) is 1.54. The molecule has 0 fully saturated rings. The Morgan fingerprint density at radius 3 is 2.38 bits per heavy atom. The van der Waals surface area contributed by atoms with Gasteiger partial charge in [0.25, 0.3) is 0 Å². The Morgan fingerprint density at radius 1 is 1.19 bits per heavy atom. The van der Waals surface area contributed by atoms with Crippen LogP contribution >= 0.6 is 15.9 Å². The molecule has 0 bridgehead atoms. The molecule has 0 saturated heterocycles. The number of nitrogens with two attached hydrogens (primary N) is 2. The smallest absolute Gasteiger partial charge is 0.127 e. The molecule has 0 heterocycles. The van der Waals surface area contributed by atoms with Crippen LogP contribution in [-0.2, 0) is 6.54 Å². The summed E-state index contributed by atoms with van der Waals surface area (Å²) in [6.45, 7) is 3.09. The van der Waals surface area contributed by atoms with Gasteiger partial charge in [-0.2, -0.15) is 0 Å². The van der Waals surface area contributed by atoms with E-state index in [-0.39, 0.29) is 5.82 Å². The van der Waals surface area contributed by atoms with Crippen LogP contribution < -0.4 is 11.5 Å². The van der Waals surface area contributed by atoms with E-state index in [4.69, 9.17) is 11.5 Å². The van der Waals surface area contributed by atoms with Crippen LogP contribution in [0.3, 0.4) is 0 Å². The molecule has 4 N–H and O–H groups in total. The van der Waals surface area contributed by atoms with Crippen molar-refractivity contribution < 1.29 is 4.39 Å². The normalized spacial score (nSPS) is 11.1. The minimum Gasteiger partial charge on any atom is -0.329 e. The highest BCUT2D eigenvalue weighted by molar-refractivity contribution is 9.10. The van der Waals surface area contributed by atoms with Crippen LogP contribution in [0.2, 0.25) is 0 Å². The van der Waals surface area contributed by atoms with Crippen molar-refractivity contribution in [2.45, 2.75) is 6.54 Å². The lowest BCUT2D eigenvalue weighted by atomic mass is 10.2. The lowest BCUT2D eigenvalue weighted by molar-refractivity contribution is 0.276. The first-order valence-corrected chi connectivity index (χ1v) is 6.03. The molecule has 90 valence electrons. The quantitative estimate of drug-likeness (QED) is 0.830. The maximum absolute atomic E-state index is 13.5. The standard InChI is InChI=1S/C11H17BrFN3/c12-10-1-2-11(13)9(7-10)8-16(5-3-14)6-4-15/h1-2,7H,3-6,8,14-15H2. The summed E-state index contributed by atoms with van der Waals surface area (Å²) in [5, 5.41) is 0. The number of halogens is 2. The maximum Gasteiger partial charge on any atom is 0.127 e. The summed E-state index contributed by atoms with van der Waals surface area (Å²) in [6.07, 6.45) is 0. The van der Waals surface area contributed by atoms with Crippen LogP contribution in [0.4, 0.5) is 4.39 Å². The van der Waals surface area contributed by atoms with Gasteiger partial charge in [0, 0.05) is 42.8 Å². The van der Waals surface area contributed by atoms with Crippen molar-refractivity contribution >= 4 is 15.9 Å². The Bertz CT molecular complexity index is 327. The lowest BCUT2D eigenvalue weighted by Gasteiger charge is -2.21. The van der Waals surface area contributed by atoms with Gasteiger partial charge in [-0.25, -0.2) is 4.39 Å². The van der Waals surface area contributed by atoms with Gasteiger partial charge in [0.05, 0.1) is 0 Å². The van der Waals surface area contributed by atoms with Gasteiger partial charge in [-0.3, -0.25) is 4.90 Å². The third-order valence-corrected chi connectivity index (χ3v) is 2.79. The first kappa shape index (κ1) is 13.6. The van der Waals surface area contributed by atoms with Crippen molar-refractivity contribution in [2.24, 2.45) is 11.5 Å². The molecular weight excluding hydrogens is 273 g/mol. The molecule has 1 aromatic carbocycles. The average molecular weight is 290 g/mol. The van der Waals surface area contributed by atoms with Crippen LogP contribution in [0, 0.1) is 5.82 Å². The molecule has 5 heteroatoms. The zero-order chi connectivity index (χ0) is 12.0. The fourth-order valence-corrected chi connectivity index (χ4v) is 1.95. The molecule has 3 nitrogen and oxygen atoms in total. The monoisotopic (exact) mass is 289 g/mol. The molecule has 1 rings (SSSR count). The van der Waals surface area contributed by atoms with Gasteiger partial charge in [-0.1, -0.05) is 15.9 Å². The summed E-state index contributed by atoms with van der Waals surface area (Å²) in [7, 11) is 0. The van der Waals surface area contributed by atoms with Gasteiger partial charge in [0.15, 0.2) is 0 Å². The highest BCUT2D eigenvalue weighted by Gasteiger charge is 2.08. The summed E-state index contributed by atoms with van der Waals surface area (Å²) >= 11 is 3.33. The minimum atomic E-state index is -0.192. The Balaban J connectivity index is 2.71. The first-order valence-electron chi connectivity index (χ1n) is 5.23. The molecule has 0 aliphatic carbocycles. The van der Waals surface area contributed by atoms with Crippen LogP contribution in [0.25, 0.3) is 0 Å². The summed E-state index contributed by atoms with van der Waals surface area (Å²) in [5.74, 6) is -0.192. The van der Waals surface area contributed by atoms with E-state index in [1.807, 2.05) is 4.90 Å². The summed E-state index contributed by atoms with van der Waals surface area (Å²) in [5.41, 5.74) is 11.7. The number of rotatable bonds is 6. The highest BCUT2D eigenvalue weighted by atomic mass is 79.9. The third kappa shape index (κ3) is 4.17. The van der Waals surface area contributed by atoms with E-state index >= 15 is 0 Å². The third-order valence-electron chi connectivity index (χ3n) is 2.29. The minimum absolute atomic E-state index is 0.192. The van der Waals surface area contributed by atoms with Crippen LogP contribution in [0.1, 0.15) is 5.56 Å². The van der Waals surface area contributed by atoms with E-state index in [0.717, 1.165) is 17.6 Å². The Hall–Kier alpha value is -0.490. The number of hydrogen-bond acceptors (Lipinski definition) is 3.